The SMILES string of the molecule is Cc1c(C2C3CC4CC(C3)CC2C4)[nH]c(N)c1C#N. The number of rotatable bonds is 1. The van der Waals surface area contributed by atoms with Crippen LogP contribution >= 0.6 is 0 Å². The third-order valence-corrected chi connectivity index (χ3v) is 5.99. The molecule has 0 amide bonds. The van der Waals surface area contributed by atoms with Gasteiger partial charge in [0.15, 0.2) is 0 Å². The van der Waals surface area contributed by atoms with Crippen molar-refractivity contribution in [2.24, 2.45) is 23.7 Å². The van der Waals surface area contributed by atoms with E-state index >= 15 is 0 Å². The van der Waals surface area contributed by atoms with Crippen LogP contribution in [0, 0.1) is 41.9 Å². The van der Waals surface area contributed by atoms with Crippen LogP contribution in [-0.2, 0) is 0 Å². The van der Waals surface area contributed by atoms with Crippen molar-refractivity contribution in [3.63, 3.8) is 0 Å². The van der Waals surface area contributed by atoms with Gasteiger partial charge in [0.05, 0.1) is 5.56 Å². The molecule has 1 aromatic rings. The van der Waals surface area contributed by atoms with Crippen molar-refractivity contribution in [2.45, 2.75) is 44.9 Å². The first-order valence-electron chi connectivity index (χ1n) is 7.55. The van der Waals surface area contributed by atoms with Crippen LogP contribution in [0.5, 0.6) is 0 Å². The predicted octanol–water partition coefficient (Wildman–Crippen LogP) is 3.32. The molecule has 3 nitrogen and oxygen atoms in total. The van der Waals surface area contributed by atoms with Crippen LogP contribution in [0.25, 0.3) is 0 Å². The summed E-state index contributed by atoms with van der Waals surface area (Å²) < 4.78 is 0. The second kappa shape index (κ2) is 3.79. The van der Waals surface area contributed by atoms with Crippen molar-refractivity contribution in [1.82, 2.24) is 4.98 Å². The Kier molecular flexibility index (Phi) is 2.27. The number of aromatic nitrogens is 1. The Hall–Kier alpha value is -1.43. The Bertz CT molecular complexity index is 535. The second-order valence-electron chi connectivity index (χ2n) is 7.02. The molecule has 4 aliphatic carbocycles. The fraction of sp³-hybridized carbons (Fsp3) is 0.688. The highest BCUT2D eigenvalue weighted by molar-refractivity contribution is 5.57. The second-order valence-corrected chi connectivity index (χ2v) is 7.02. The van der Waals surface area contributed by atoms with Crippen molar-refractivity contribution in [1.29, 1.82) is 5.26 Å². The highest BCUT2D eigenvalue weighted by atomic mass is 14.9. The first-order valence-corrected chi connectivity index (χ1v) is 7.55. The minimum Gasteiger partial charge on any atom is -0.384 e. The molecule has 0 saturated heterocycles. The quantitative estimate of drug-likeness (QED) is 0.808. The van der Waals surface area contributed by atoms with Crippen LogP contribution in [0.4, 0.5) is 5.82 Å². The molecule has 0 spiro atoms. The van der Waals surface area contributed by atoms with Gasteiger partial charge in [-0.25, -0.2) is 0 Å². The Balaban J connectivity index is 1.75. The third kappa shape index (κ3) is 1.49. The zero-order chi connectivity index (χ0) is 13.1. The molecule has 19 heavy (non-hydrogen) atoms. The lowest BCUT2D eigenvalue weighted by Gasteiger charge is -2.54. The summed E-state index contributed by atoms with van der Waals surface area (Å²) in [6, 6.07) is 2.25. The third-order valence-electron chi connectivity index (χ3n) is 5.99. The summed E-state index contributed by atoms with van der Waals surface area (Å²) in [5.41, 5.74) is 9.03. The van der Waals surface area contributed by atoms with Gasteiger partial charge in [0.25, 0.3) is 0 Å². The fourth-order valence-corrected chi connectivity index (χ4v) is 5.51. The van der Waals surface area contributed by atoms with Crippen LogP contribution in [0.15, 0.2) is 0 Å². The molecule has 0 atom stereocenters. The van der Waals surface area contributed by atoms with Gasteiger partial charge in [-0.1, -0.05) is 0 Å². The molecular weight excluding hydrogens is 234 g/mol. The molecule has 0 aromatic carbocycles. The van der Waals surface area contributed by atoms with E-state index in [9.17, 15) is 5.26 Å². The summed E-state index contributed by atoms with van der Waals surface area (Å²) in [7, 11) is 0. The van der Waals surface area contributed by atoms with Crippen molar-refractivity contribution < 1.29 is 0 Å². The molecule has 3 heteroatoms. The standard InChI is InChI=1S/C16H21N3/c1-8-13(7-17)16(18)19-15(8)14-11-3-9-2-10(5-11)6-12(14)4-9/h9-12,14,19H,2-6,18H2,1H3. The number of anilines is 1. The largest absolute Gasteiger partial charge is 0.384 e. The molecule has 0 aliphatic heterocycles. The first-order chi connectivity index (χ1) is 9.17. The first kappa shape index (κ1) is 11.4. The highest BCUT2D eigenvalue weighted by Crippen LogP contribution is 2.60. The zero-order valence-electron chi connectivity index (χ0n) is 11.4. The maximum atomic E-state index is 9.21. The summed E-state index contributed by atoms with van der Waals surface area (Å²) in [5.74, 6) is 4.85. The molecular formula is C16H21N3. The molecule has 4 saturated carbocycles. The molecule has 0 radical (unpaired) electrons. The Morgan fingerprint density at radius 3 is 2.16 bits per heavy atom. The summed E-state index contributed by atoms with van der Waals surface area (Å²) in [6.07, 6.45) is 7.08. The number of nitrogens with zero attached hydrogens (tertiary/aromatic N) is 1. The van der Waals surface area contributed by atoms with Crippen molar-refractivity contribution in [3.8, 4) is 6.07 Å². The van der Waals surface area contributed by atoms with Crippen LogP contribution in [0.3, 0.4) is 0 Å². The number of nitrogen functional groups attached to an aromatic ring is 1. The topological polar surface area (TPSA) is 65.6 Å². The Morgan fingerprint density at radius 2 is 1.68 bits per heavy atom. The fourth-order valence-electron chi connectivity index (χ4n) is 5.51. The van der Waals surface area contributed by atoms with Crippen LogP contribution in [0.1, 0.15) is 54.8 Å². The zero-order valence-corrected chi connectivity index (χ0v) is 11.4. The van der Waals surface area contributed by atoms with E-state index in [-0.39, 0.29) is 0 Å². The maximum absolute atomic E-state index is 9.21. The Morgan fingerprint density at radius 1 is 1.11 bits per heavy atom. The van der Waals surface area contributed by atoms with Crippen molar-refractivity contribution in [2.75, 3.05) is 5.73 Å². The monoisotopic (exact) mass is 255 g/mol. The average molecular weight is 255 g/mol. The molecule has 0 unspecified atom stereocenters. The summed E-state index contributed by atoms with van der Waals surface area (Å²) >= 11 is 0. The lowest BCUT2D eigenvalue weighted by Crippen LogP contribution is -2.44. The minimum atomic E-state index is 0.573. The van der Waals surface area contributed by atoms with E-state index in [2.05, 4.69) is 18.0 Å². The van der Waals surface area contributed by atoms with E-state index in [4.69, 9.17) is 5.73 Å². The Labute approximate surface area is 114 Å². The van der Waals surface area contributed by atoms with E-state index in [0.717, 1.165) is 29.2 Å². The molecule has 100 valence electrons. The molecule has 1 aromatic heterocycles. The maximum Gasteiger partial charge on any atom is 0.119 e. The number of hydrogen-bond acceptors (Lipinski definition) is 2. The van der Waals surface area contributed by atoms with Crippen LogP contribution in [0.2, 0.25) is 0 Å². The summed E-state index contributed by atoms with van der Waals surface area (Å²) in [6.45, 7) is 2.06. The molecule has 1 heterocycles. The van der Waals surface area contributed by atoms with Gasteiger partial charge in [-0.2, -0.15) is 5.26 Å². The van der Waals surface area contributed by atoms with Crippen molar-refractivity contribution >= 4 is 5.82 Å². The number of nitrogens with two attached hydrogens (primary N) is 1. The van der Waals surface area contributed by atoms with Gasteiger partial charge in [-0.15, -0.1) is 0 Å². The smallest absolute Gasteiger partial charge is 0.119 e. The van der Waals surface area contributed by atoms with E-state index in [1.54, 1.807) is 0 Å². The van der Waals surface area contributed by atoms with Gasteiger partial charge in [0.2, 0.25) is 0 Å². The van der Waals surface area contributed by atoms with E-state index < -0.39 is 0 Å². The van der Waals surface area contributed by atoms with Crippen LogP contribution < -0.4 is 5.73 Å². The van der Waals surface area contributed by atoms with Gasteiger partial charge >= 0.3 is 0 Å². The minimum absolute atomic E-state index is 0.573. The summed E-state index contributed by atoms with van der Waals surface area (Å²) in [5, 5.41) is 9.21. The van der Waals surface area contributed by atoms with Gasteiger partial charge < -0.3 is 10.7 Å². The van der Waals surface area contributed by atoms with Crippen LogP contribution in [-0.4, -0.2) is 4.98 Å². The number of H-pyrrole nitrogens is 1. The number of nitrogens with one attached hydrogen (secondary N) is 1. The summed E-state index contributed by atoms with van der Waals surface area (Å²) in [4.78, 5) is 3.35. The van der Waals surface area contributed by atoms with Gasteiger partial charge in [0.1, 0.15) is 11.9 Å². The van der Waals surface area contributed by atoms with Gasteiger partial charge in [-0.3, -0.25) is 0 Å². The average Bonchev–Trinajstić information content (AvgIpc) is 2.63. The van der Waals surface area contributed by atoms with Gasteiger partial charge in [-0.05, 0) is 68.3 Å². The molecule has 3 N–H and O–H groups in total. The number of nitriles is 1. The normalized spacial score (nSPS) is 39.5. The number of hydrogen-bond donors (Lipinski definition) is 2. The molecule has 4 aliphatic rings. The molecule has 4 bridgehead atoms. The lowest BCUT2D eigenvalue weighted by atomic mass is 9.51. The number of aromatic amines is 1. The predicted molar refractivity (Wildman–Crippen MR) is 74.4 cm³/mol. The van der Waals surface area contributed by atoms with Crippen molar-refractivity contribution in [3.05, 3.63) is 16.8 Å². The van der Waals surface area contributed by atoms with E-state index in [1.807, 2.05) is 0 Å². The highest BCUT2D eigenvalue weighted by Gasteiger charge is 2.49. The van der Waals surface area contributed by atoms with E-state index in [0.29, 0.717) is 17.3 Å². The molecule has 5 rings (SSSR count). The van der Waals surface area contributed by atoms with Gasteiger partial charge in [0, 0.05) is 11.6 Å². The lowest BCUT2D eigenvalue weighted by molar-refractivity contribution is -0.00416. The van der Waals surface area contributed by atoms with E-state index in [1.165, 1.54) is 37.8 Å². The molecule has 4 fully saturated rings.